The molecular formula is C27H29N3O8S2. The van der Waals surface area contributed by atoms with E-state index in [1.807, 2.05) is 13.2 Å². The Morgan fingerprint density at radius 2 is 1.70 bits per heavy atom. The number of ether oxygens (including phenoxy) is 4. The molecule has 0 aliphatic carbocycles. The van der Waals surface area contributed by atoms with Gasteiger partial charge in [-0.15, -0.1) is 11.8 Å². The average molecular weight is 588 g/mol. The molecule has 0 fully saturated rings. The van der Waals surface area contributed by atoms with Gasteiger partial charge in [0.1, 0.15) is 12.3 Å². The second-order valence-electron chi connectivity index (χ2n) is 7.87. The van der Waals surface area contributed by atoms with Crippen LogP contribution in [-0.2, 0) is 19.6 Å². The van der Waals surface area contributed by atoms with Crippen LogP contribution in [0, 0.1) is 0 Å². The number of anilines is 1. The van der Waals surface area contributed by atoms with Gasteiger partial charge in [0.15, 0.2) is 11.5 Å². The summed E-state index contributed by atoms with van der Waals surface area (Å²) >= 11 is 1.49. The molecule has 1 N–H and O–H groups in total. The number of benzene rings is 3. The fraction of sp³-hybridized carbons (Fsp3) is 0.222. The number of hydrazone groups is 1. The van der Waals surface area contributed by atoms with Crippen LogP contribution in [0.1, 0.15) is 12.5 Å². The Labute approximate surface area is 237 Å². The van der Waals surface area contributed by atoms with Crippen LogP contribution in [0.4, 0.5) is 10.5 Å². The lowest BCUT2D eigenvalue weighted by atomic mass is 10.2. The quantitative estimate of drug-likeness (QED) is 0.108. The van der Waals surface area contributed by atoms with Crippen LogP contribution in [0.3, 0.4) is 0 Å². The van der Waals surface area contributed by atoms with Crippen molar-refractivity contribution in [1.82, 2.24) is 5.43 Å². The normalized spacial score (nSPS) is 11.1. The van der Waals surface area contributed by atoms with Crippen molar-refractivity contribution >= 4 is 45.7 Å². The highest BCUT2D eigenvalue weighted by Crippen LogP contribution is 2.29. The van der Waals surface area contributed by atoms with E-state index < -0.39 is 28.6 Å². The maximum atomic E-state index is 13.6. The molecule has 3 rings (SSSR count). The Kier molecular flexibility index (Phi) is 10.8. The zero-order valence-corrected chi connectivity index (χ0v) is 24.0. The predicted octanol–water partition coefficient (Wildman–Crippen LogP) is 4.31. The van der Waals surface area contributed by atoms with E-state index in [1.54, 1.807) is 42.5 Å². The van der Waals surface area contributed by atoms with Gasteiger partial charge in [0.05, 0.1) is 37.6 Å². The van der Waals surface area contributed by atoms with Gasteiger partial charge >= 0.3 is 6.16 Å². The standard InChI is InChI=1S/C27H29N3O8S2/c1-5-37-21-9-7-20(8-10-21)30(40(33,34)23-13-11-22(39-4)12-14-23)18-26(31)29-28-17-19-6-15-24(25(16-19)35-2)38-27(32)36-3/h6-17H,5,18H2,1-4H3,(H,29,31). The van der Waals surface area contributed by atoms with Gasteiger partial charge in [-0.25, -0.2) is 18.6 Å². The summed E-state index contributed by atoms with van der Waals surface area (Å²) in [6, 6.07) is 17.4. The molecule has 0 saturated carbocycles. The zero-order valence-electron chi connectivity index (χ0n) is 22.3. The summed E-state index contributed by atoms with van der Waals surface area (Å²) in [5.74, 6) is 0.269. The average Bonchev–Trinajstić information content (AvgIpc) is 2.97. The van der Waals surface area contributed by atoms with Crippen molar-refractivity contribution in [2.24, 2.45) is 5.10 Å². The van der Waals surface area contributed by atoms with Gasteiger partial charge in [-0.1, -0.05) is 0 Å². The van der Waals surface area contributed by atoms with Crippen LogP contribution in [0.2, 0.25) is 0 Å². The molecule has 40 heavy (non-hydrogen) atoms. The highest BCUT2D eigenvalue weighted by Gasteiger charge is 2.27. The Balaban J connectivity index is 1.80. The number of thioether (sulfide) groups is 1. The molecule has 0 aliphatic heterocycles. The third kappa shape index (κ3) is 7.90. The van der Waals surface area contributed by atoms with E-state index in [0.29, 0.717) is 17.9 Å². The second kappa shape index (κ2) is 14.2. The topological polar surface area (TPSA) is 133 Å². The summed E-state index contributed by atoms with van der Waals surface area (Å²) in [6.45, 7) is 1.76. The van der Waals surface area contributed by atoms with Crippen molar-refractivity contribution in [2.45, 2.75) is 16.7 Å². The third-order valence-electron chi connectivity index (χ3n) is 5.32. The van der Waals surface area contributed by atoms with E-state index in [2.05, 4.69) is 15.3 Å². The zero-order chi connectivity index (χ0) is 29.1. The minimum atomic E-state index is -4.10. The molecule has 0 heterocycles. The number of carbonyl (C=O) groups is 2. The van der Waals surface area contributed by atoms with Crippen LogP contribution in [0.15, 0.2) is 81.6 Å². The summed E-state index contributed by atoms with van der Waals surface area (Å²) in [4.78, 5) is 25.2. The number of nitrogens with zero attached hydrogens (tertiary/aromatic N) is 2. The van der Waals surface area contributed by atoms with Crippen LogP contribution >= 0.6 is 11.8 Å². The highest BCUT2D eigenvalue weighted by molar-refractivity contribution is 7.98. The third-order valence-corrected chi connectivity index (χ3v) is 7.85. The largest absolute Gasteiger partial charge is 0.513 e. The number of methoxy groups -OCH3 is 2. The highest BCUT2D eigenvalue weighted by atomic mass is 32.2. The monoisotopic (exact) mass is 587 g/mol. The number of hydrogen-bond acceptors (Lipinski definition) is 10. The van der Waals surface area contributed by atoms with Crippen molar-refractivity contribution in [2.75, 3.05) is 37.9 Å². The molecule has 0 saturated heterocycles. The van der Waals surface area contributed by atoms with Crippen molar-refractivity contribution in [1.29, 1.82) is 0 Å². The first-order valence-corrected chi connectivity index (χ1v) is 14.5. The molecule has 0 unspecified atom stereocenters. The molecule has 0 bridgehead atoms. The Bertz CT molecular complexity index is 1440. The van der Waals surface area contributed by atoms with E-state index in [9.17, 15) is 18.0 Å². The lowest BCUT2D eigenvalue weighted by Gasteiger charge is -2.24. The maximum Gasteiger partial charge on any atom is 0.513 e. The fourth-order valence-electron chi connectivity index (χ4n) is 3.39. The predicted molar refractivity (Wildman–Crippen MR) is 152 cm³/mol. The first-order valence-electron chi connectivity index (χ1n) is 11.9. The lowest BCUT2D eigenvalue weighted by Crippen LogP contribution is -2.39. The number of hydrogen-bond donors (Lipinski definition) is 1. The molecule has 11 nitrogen and oxygen atoms in total. The van der Waals surface area contributed by atoms with E-state index in [0.717, 1.165) is 9.20 Å². The Morgan fingerprint density at radius 3 is 2.30 bits per heavy atom. The van der Waals surface area contributed by atoms with Crippen LogP contribution in [-0.4, -0.2) is 60.3 Å². The van der Waals surface area contributed by atoms with Crippen molar-refractivity contribution in [3.63, 3.8) is 0 Å². The van der Waals surface area contributed by atoms with Crippen molar-refractivity contribution < 1.29 is 37.0 Å². The molecule has 13 heteroatoms. The van der Waals surface area contributed by atoms with E-state index in [1.165, 1.54) is 56.5 Å². The fourth-order valence-corrected chi connectivity index (χ4v) is 5.22. The van der Waals surface area contributed by atoms with E-state index in [4.69, 9.17) is 14.2 Å². The molecule has 0 aromatic heterocycles. The van der Waals surface area contributed by atoms with Crippen LogP contribution < -0.4 is 23.9 Å². The number of carbonyl (C=O) groups excluding carboxylic acids is 2. The number of nitrogens with one attached hydrogen (secondary N) is 1. The maximum absolute atomic E-state index is 13.6. The molecule has 3 aromatic rings. The second-order valence-corrected chi connectivity index (χ2v) is 10.6. The Morgan fingerprint density at radius 1 is 1.00 bits per heavy atom. The van der Waals surface area contributed by atoms with Gasteiger partial charge in [0.25, 0.3) is 15.9 Å². The van der Waals surface area contributed by atoms with Crippen LogP contribution in [0.5, 0.6) is 17.2 Å². The molecule has 0 atom stereocenters. The molecular weight excluding hydrogens is 558 g/mol. The van der Waals surface area contributed by atoms with Gasteiger partial charge in [0, 0.05) is 4.90 Å². The number of amides is 1. The molecule has 0 radical (unpaired) electrons. The first-order chi connectivity index (χ1) is 19.2. The van der Waals surface area contributed by atoms with Crippen molar-refractivity contribution in [3.8, 4) is 17.2 Å². The first kappa shape index (κ1) is 30.3. The summed E-state index contributed by atoms with van der Waals surface area (Å²) < 4.78 is 48.3. The number of rotatable bonds is 12. The molecule has 1 amide bonds. The van der Waals surface area contributed by atoms with Gasteiger partial charge < -0.3 is 18.9 Å². The Hall–Kier alpha value is -4.23. The molecule has 0 aliphatic rings. The summed E-state index contributed by atoms with van der Waals surface area (Å²) in [6.07, 6.45) is 2.32. The summed E-state index contributed by atoms with van der Waals surface area (Å²) in [5.41, 5.74) is 3.14. The minimum Gasteiger partial charge on any atom is -0.494 e. The van der Waals surface area contributed by atoms with Crippen LogP contribution in [0.25, 0.3) is 0 Å². The number of sulfonamides is 1. The van der Waals surface area contributed by atoms with Gasteiger partial charge in [0.2, 0.25) is 0 Å². The molecule has 212 valence electrons. The van der Waals surface area contributed by atoms with Gasteiger partial charge in [-0.05, 0) is 85.5 Å². The summed E-state index contributed by atoms with van der Waals surface area (Å²) in [7, 11) is -1.52. The van der Waals surface area contributed by atoms with E-state index in [-0.39, 0.29) is 22.1 Å². The van der Waals surface area contributed by atoms with Crippen molar-refractivity contribution in [3.05, 3.63) is 72.3 Å². The van der Waals surface area contributed by atoms with Gasteiger partial charge in [-0.2, -0.15) is 5.10 Å². The minimum absolute atomic E-state index is 0.0387. The summed E-state index contributed by atoms with van der Waals surface area (Å²) in [5, 5.41) is 3.93. The molecule has 0 spiro atoms. The SMILES string of the molecule is CCOc1ccc(N(CC(=O)NN=Cc2ccc(OC(=O)OC)c(OC)c2)S(=O)(=O)c2ccc(SC)cc2)cc1. The molecule has 3 aromatic carbocycles. The lowest BCUT2D eigenvalue weighted by molar-refractivity contribution is -0.119. The smallest absolute Gasteiger partial charge is 0.494 e. The van der Waals surface area contributed by atoms with Gasteiger partial charge in [-0.3, -0.25) is 9.10 Å². The van der Waals surface area contributed by atoms with E-state index >= 15 is 0 Å².